The van der Waals surface area contributed by atoms with E-state index in [2.05, 4.69) is 53.1 Å². The number of rotatable bonds is 11. The van der Waals surface area contributed by atoms with Crippen molar-refractivity contribution in [2.75, 3.05) is 46.5 Å². The summed E-state index contributed by atoms with van der Waals surface area (Å²) in [5.41, 5.74) is 4.67. The molecule has 6 rings (SSSR count). The monoisotopic (exact) mass is 584 g/mol. The van der Waals surface area contributed by atoms with Crippen LogP contribution in [0.2, 0.25) is 0 Å². The summed E-state index contributed by atoms with van der Waals surface area (Å²) in [5, 5.41) is 10.6. The first-order valence-corrected chi connectivity index (χ1v) is 15.9. The molecular formula is C35H40N2O4S. The van der Waals surface area contributed by atoms with Crippen molar-refractivity contribution in [3.05, 3.63) is 82.9 Å². The van der Waals surface area contributed by atoms with Gasteiger partial charge >= 0.3 is 0 Å². The van der Waals surface area contributed by atoms with Crippen molar-refractivity contribution in [2.24, 2.45) is 0 Å². The molecule has 220 valence electrons. The molecule has 2 fully saturated rings. The Kier molecular flexibility index (Phi) is 8.91. The number of thiophene rings is 1. The number of nitrogens with zero attached hydrogens (tertiary/aromatic N) is 2. The topological polar surface area (TPSA) is 62.2 Å². The largest absolute Gasteiger partial charge is 0.496 e. The van der Waals surface area contributed by atoms with E-state index in [1.807, 2.05) is 24.3 Å². The van der Waals surface area contributed by atoms with Crippen molar-refractivity contribution in [3.8, 4) is 21.9 Å². The van der Waals surface area contributed by atoms with Crippen molar-refractivity contribution in [3.63, 3.8) is 0 Å². The Balaban J connectivity index is 1.26. The van der Waals surface area contributed by atoms with E-state index in [1.54, 1.807) is 18.4 Å². The second-order valence-electron chi connectivity index (χ2n) is 11.5. The van der Waals surface area contributed by atoms with Gasteiger partial charge in [0, 0.05) is 50.8 Å². The van der Waals surface area contributed by atoms with Crippen LogP contribution in [-0.2, 0) is 6.54 Å². The first-order chi connectivity index (χ1) is 20.5. The molecule has 42 heavy (non-hydrogen) atoms. The smallest absolute Gasteiger partial charge is 0.195 e. The summed E-state index contributed by atoms with van der Waals surface area (Å²) < 4.78 is 12.9. The van der Waals surface area contributed by atoms with E-state index in [-0.39, 0.29) is 18.4 Å². The van der Waals surface area contributed by atoms with Gasteiger partial charge in [0.2, 0.25) is 0 Å². The lowest BCUT2D eigenvalue weighted by Crippen LogP contribution is -2.35. The van der Waals surface area contributed by atoms with Crippen LogP contribution in [0, 0.1) is 6.92 Å². The summed E-state index contributed by atoms with van der Waals surface area (Å²) in [7, 11) is 1.69. The van der Waals surface area contributed by atoms with Gasteiger partial charge in [-0.3, -0.25) is 14.6 Å². The van der Waals surface area contributed by atoms with Crippen LogP contribution in [0.15, 0.2) is 60.7 Å². The Morgan fingerprint density at radius 1 is 1.00 bits per heavy atom. The number of benzene rings is 3. The maximum absolute atomic E-state index is 14.2. The van der Waals surface area contributed by atoms with Crippen LogP contribution in [0.3, 0.4) is 0 Å². The SMILES string of the molecule is COc1cc(C(=O)c2c(-c3ccc(OCCN4CCCC4CO)cc3)sc3cc(C)ccc23)ccc1CN1CCCC1. The van der Waals surface area contributed by atoms with E-state index in [0.717, 1.165) is 88.7 Å². The number of carbonyl (C=O) groups excluding carboxylic acids is 1. The summed E-state index contributed by atoms with van der Waals surface area (Å²) >= 11 is 1.66. The highest BCUT2D eigenvalue weighted by molar-refractivity contribution is 7.22. The van der Waals surface area contributed by atoms with Crippen molar-refractivity contribution in [1.29, 1.82) is 0 Å². The van der Waals surface area contributed by atoms with Gasteiger partial charge < -0.3 is 14.6 Å². The fourth-order valence-electron chi connectivity index (χ4n) is 6.35. The predicted octanol–water partition coefficient (Wildman–Crippen LogP) is 6.55. The Hall–Kier alpha value is -3.23. The first kappa shape index (κ1) is 28.9. The van der Waals surface area contributed by atoms with Gasteiger partial charge in [0.25, 0.3) is 0 Å². The van der Waals surface area contributed by atoms with E-state index >= 15 is 0 Å². The number of aliphatic hydroxyl groups is 1. The number of ketones is 1. The first-order valence-electron chi connectivity index (χ1n) is 15.1. The summed E-state index contributed by atoms with van der Waals surface area (Å²) in [6.07, 6.45) is 4.66. The molecule has 0 saturated carbocycles. The zero-order valence-corrected chi connectivity index (χ0v) is 25.4. The fraction of sp³-hybridized carbons (Fsp3) is 0.400. The molecule has 2 aliphatic heterocycles. The highest BCUT2D eigenvalue weighted by atomic mass is 32.1. The van der Waals surface area contributed by atoms with Gasteiger partial charge in [0.05, 0.1) is 13.7 Å². The number of hydrogen-bond donors (Lipinski definition) is 1. The van der Waals surface area contributed by atoms with Crippen LogP contribution in [0.1, 0.15) is 52.7 Å². The van der Waals surface area contributed by atoms with E-state index in [4.69, 9.17) is 9.47 Å². The Morgan fingerprint density at radius 3 is 2.57 bits per heavy atom. The lowest BCUT2D eigenvalue weighted by atomic mass is 9.96. The van der Waals surface area contributed by atoms with E-state index in [1.165, 1.54) is 18.4 Å². The number of methoxy groups -OCH3 is 1. The third-order valence-electron chi connectivity index (χ3n) is 8.69. The zero-order chi connectivity index (χ0) is 29.1. The van der Waals surface area contributed by atoms with Crippen LogP contribution in [0.25, 0.3) is 20.5 Å². The van der Waals surface area contributed by atoms with Gasteiger partial charge in [-0.05, 0) is 99.8 Å². The molecule has 1 unspecified atom stereocenters. The number of aliphatic hydroxyl groups excluding tert-OH is 1. The molecule has 0 amide bonds. The van der Waals surface area contributed by atoms with Crippen molar-refractivity contribution >= 4 is 27.2 Å². The molecule has 2 saturated heterocycles. The van der Waals surface area contributed by atoms with E-state index in [9.17, 15) is 9.90 Å². The minimum atomic E-state index is 0.00972. The molecule has 0 spiro atoms. The van der Waals surface area contributed by atoms with Gasteiger partial charge in [0.1, 0.15) is 18.1 Å². The maximum Gasteiger partial charge on any atom is 0.195 e. The molecule has 1 aromatic heterocycles. The Morgan fingerprint density at radius 2 is 1.81 bits per heavy atom. The fourth-order valence-corrected chi connectivity index (χ4v) is 7.66. The maximum atomic E-state index is 14.2. The molecule has 0 aliphatic carbocycles. The Labute approximate surface area is 252 Å². The average Bonchev–Trinajstić information content (AvgIpc) is 3.77. The third kappa shape index (κ3) is 6.11. The molecular weight excluding hydrogens is 544 g/mol. The molecule has 4 aromatic rings. The van der Waals surface area contributed by atoms with E-state index < -0.39 is 0 Å². The zero-order valence-electron chi connectivity index (χ0n) is 24.6. The minimum absolute atomic E-state index is 0.00972. The van der Waals surface area contributed by atoms with Gasteiger partial charge in [-0.25, -0.2) is 0 Å². The number of fused-ring (bicyclic) bond motifs is 1. The van der Waals surface area contributed by atoms with Gasteiger partial charge in [0.15, 0.2) is 5.78 Å². The lowest BCUT2D eigenvalue weighted by Gasteiger charge is -2.22. The second-order valence-corrected chi connectivity index (χ2v) is 12.6. The molecule has 3 heterocycles. The third-order valence-corrected chi connectivity index (χ3v) is 9.89. The quantitative estimate of drug-likeness (QED) is 0.202. The second kappa shape index (κ2) is 13.0. The average molecular weight is 585 g/mol. The van der Waals surface area contributed by atoms with E-state index in [0.29, 0.717) is 12.2 Å². The van der Waals surface area contributed by atoms with Crippen molar-refractivity contribution in [1.82, 2.24) is 9.80 Å². The molecule has 2 aliphatic rings. The predicted molar refractivity (Wildman–Crippen MR) is 170 cm³/mol. The molecule has 0 bridgehead atoms. The molecule has 6 nitrogen and oxygen atoms in total. The molecule has 3 aromatic carbocycles. The van der Waals surface area contributed by atoms with Gasteiger partial charge in [-0.2, -0.15) is 0 Å². The number of aryl methyl sites for hydroxylation is 1. The minimum Gasteiger partial charge on any atom is -0.496 e. The van der Waals surface area contributed by atoms with Crippen molar-refractivity contribution < 1.29 is 19.4 Å². The molecule has 7 heteroatoms. The highest BCUT2D eigenvalue weighted by Gasteiger charge is 2.25. The summed E-state index contributed by atoms with van der Waals surface area (Å²) in [6, 6.07) is 20.6. The summed E-state index contributed by atoms with van der Waals surface area (Å²) in [5.74, 6) is 1.59. The van der Waals surface area contributed by atoms with Crippen LogP contribution in [-0.4, -0.2) is 73.2 Å². The van der Waals surface area contributed by atoms with Gasteiger partial charge in [-0.15, -0.1) is 11.3 Å². The number of likely N-dealkylation sites (tertiary alicyclic amines) is 2. The summed E-state index contributed by atoms with van der Waals surface area (Å²) in [6.45, 7) is 7.76. The molecule has 1 atom stereocenters. The van der Waals surface area contributed by atoms with Crippen molar-refractivity contribution in [2.45, 2.75) is 45.2 Å². The number of ether oxygens (including phenoxy) is 2. The molecule has 0 radical (unpaired) electrons. The molecule has 1 N–H and O–H groups in total. The normalized spacial score (nSPS) is 17.7. The number of carbonyl (C=O) groups is 1. The number of hydrogen-bond acceptors (Lipinski definition) is 7. The van der Waals surface area contributed by atoms with Crippen LogP contribution in [0.5, 0.6) is 11.5 Å². The van der Waals surface area contributed by atoms with Crippen LogP contribution < -0.4 is 9.47 Å². The highest BCUT2D eigenvalue weighted by Crippen LogP contribution is 2.41. The standard InChI is InChI=1S/C35H40N2O4S/c1-24-7-14-30-32(20-24)42-35(25-10-12-29(13-11-25)41-19-18-37-17-5-6-28(37)23-38)33(30)34(39)26-8-9-27(31(21-26)40-2)22-36-15-3-4-16-36/h7-14,20-21,28,38H,3-6,15-19,22-23H2,1-2H3. The Bertz CT molecular complexity index is 1540. The van der Waals surface area contributed by atoms with Crippen LogP contribution >= 0.6 is 11.3 Å². The van der Waals surface area contributed by atoms with Crippen LogP contribution in [0.4, 0.5) is 0 Å². The lowest BCUT2D eigenvalue weighted by molar-refractivity contribution is 0.104. The summed E-state index contributed by atoms with van der Waals surface area (Å²) in [4.78, 5) is 19.9. The van der Waals surface area contributed by atoms with Gasteiger partial charge in [-0.1, -0.05) is 24.3 Å².